The predicted molar refractivity (Wildman–Crippen MR) is 80.6 cm³/mol. The summed E-state index contributed by atoms with van der Waals surface area (Å²) in [7, 11) is 0. The van der Waals surface area contributed by atoms with Crippen LogP contribution in [0.4, 0.5) is 0 Å². The zero-order valence-corrected chi connectivity index (χ0v) is 12.1. The Kier molecular flexibility index (Phi) is 4.40. The van der Waals surface area contributed by atoms with E-state index in [4.69, 9.17) is 11.6 Å². The first-order chi connectivity index (χ1) is 9.06. The zero-order chi connectivity index (χ0) is 13.8. The molecular formula is C15H10BrClO2. The fourth-order valence-corrected chi connectivity index (χ4v) is 1.96. The monoisotopic (exact) mass is 336 g/mol. The average Bonchev–Trinajstić information content (AvgIpc) is 2.40. The molecule has 0 aliphatic heterocycles. The van der Waals surface area contributed by atoms with Crippen LogP contribution in [0.15, 0.2) is 53.0 Å². The number of carbonyl (C=O) groups excluding carboxylic acids is 1. The van der Waals surface area contributed by atoms with Gasteiger partial charge in [-0.3, -0.25) is 4.79 Å². The Hall–Kier alpha value is -1.58. The molecule has 0 fully saturated rings. The highest BCUT2D eigenvalue weighted by Gasteiger charge is 2.02. The van der Waals surface area contributed by atoms with Gasteiger partial charge in [0.2, 0.25) is 0 Å². The maximum absolute atomic E-state index is 11.9. The maximum Gasteiger partial charge on any atom is 0.185 e. The van der Waals surface area contributed by atoms with Gasteiger partial charge in [-0.05, 0) is 48.0 Å². The van der Waals surface area contributed by atoms with Gasteiger partial charge in [-0.15, -0.1) is 0 Å². The fraction of sp³-hybridized carbons (Fsp3) is 0. The Bertz CT molecular complexity index is 633. The van der Waals surface area contributed by atoms with Crippen molar-refractivity contribution < 1.29 is 9.90 Å². The molecule has 0 saturated carbocycles. The molecular weight excluding hydrogens is 328 g/mol. The van der Waals surface area contributed by atoms with Crippen molar-refractivity contribution in [2.45, 2.75) is 0 Å². The minimum Gasteiger partial charge on any atom is -0.506 e. The second-order valence-electron chi connectivity index (χ2n) is 3.92. The Balaban J connectivity index is 2.15. The molecule has 0 spiro atoms. The van der Waals surface area contributed by atoms with E-state index in [1.54, 1.807) is 30.3 Å². The largest absolute Gasteiger partial charge is 0.506 e. The number of allylic oxidation sites excluding steroid dienone is 1. The van der Waals surface area contributed by atoms with E-state index in [1.807, 2.05) is 12.1 Å². The molecule has 0 aromatic heterocycles. The van der Waals surface area contributed by atoms with Crippen LogP contribution in [0.5, 0.6) is 5.75 Å². The minimum atomic E-state index is -0.0864. The molecule has 4 heteroatoms. The Morgan fingerprint density at radius 2 is 1.84 bits per heavy atom. The molecule has 2 nitrogen and oxygen atoms in total. The van der Waals surface area contributed by atoms with Gasteiger partial charge in [-0.2, -0.15) is 0 Å². The summed E-state index contributed by atoms with van der Waals surface area (Å²) in [5.41, 5.74) is 1.37. The number of rotatable bonds is 3. The highest BCUT2D eigenvalue weighted by Crippen LogP contribution is 2.24. The van der Waals surface area contributed by atoms with Crippen molar-refractivity contribution in [3.8, 4) is 5.75 Å². The molecule has 2 rings (SSSR count). The van der Waals surface area contributed by atoms with Crippen molar-refractivity contribution in [2.75, 3.05) is 0 Å². The summed E-state index contributed by atoms with van der Waals surface area (Å²) in [6, 6.07) is 11.9. The molecule has 0 aliphatic carbocycles. The molecule has 0 amide bonds. The van der Waals surface area contributed by atoms with Crippen LogP contribution in [0.1, 0.15) is 15.9 Å². The van der Waals surface area contributed by atoms with E-state index < -0.39 is 0 Å². The molecule has 0 radical (unpaired) electrons. The van der Waals surface area contributed by atoms with Gasteiger partial charge < -0.3 is 5.11 Å². The summed E-state index contributed by atoms with van der Waals surface area (Å²) in [4.78, 5) is 11.9. The van der Waals surface area contributed by atoms with Crippen molar-refractivity contribution in [3.63, 3.8) is 0 Å². The normalized spacial score (nSPS) is 10.8. The van der Waals surface area contributed by atoms with Crippen molar-refractivity contribution in [1.82, 2.24) is 0 Å². The van der Waals surface area contributed by atoms with Gasteiger partial charge in [0, 0.05) is 10.0 Å². The first-order valence-electron chi connectivity index (χ1n) is 5.53. The third-order valence-corrected chi connectivity index (χ3v) is 3.36. The smallest absolute Gasteiger partial charge is 0.185 e. The van der Waals surface area contributed by atoms with E-state index in [1.165, 1.54) is 12.1 Å². The number of halogens is 2. The van der Waals surface area contributed by atoms with Gasteiger partial charge in [0.25, 0.3) is 0 Å². The molecule has 2 aromatic rings. The van der Waals surface area contributed by atoms with Crippen LogP contribution in [0.2, 0.25) is 5.02 Å². The van der Waals surface area contributed by atoms with E-state index in [0.717, 1.165) is 10.0 Å². The van der Waals surface area contributed by atoms with E-state index in [-0.39, 0.29) is 16.6 Å². The number of hydrogen-bond acceptors (Lipinski definition) is 2. The third kappa shape index (κ3) is 3.69. The van der Waals surface area contributed by atoms with E-state index in [0.29, 0.717) is 5.56 Å². The quantitative estimate of drug-likeness (QED) is 0.651. The second-order valence-corrected chi connectivity index (χ2v) is 5.24. The van der Waals surface area contributed by atoms with E-state index >= 15 is 0 Å². The summed E-state index contributed by atoms with van der Waals surface area (Å²) >= 11 is 9.11. The van der Waals surface area contributed by atoms with Crippen LogP contribution >= 0.6 is 27.5 Å². The van der Waals surface area contributed by atoms with Crippen LogP contribution in [-0.2, 0) is 0 Å². The van der Waals surface area contributed by atoms with Crippen molar-refractivity contribution >= 4 is 39.4 Å². The third-order valence-electron chi connectivity index (χ3n) is 2.53. The predicted octanol–water partition coefficient (Wildman–Crippen LogP) is 4.70. The van der Waals surface area contributed by atoms with E-state index in [2.05, 4.69) is 15.9 Å². The van der Waals surface area contributed by atoms with Crippen molar-refractivity contribution in [2.24, 2.45) is 0 Å². The van der Waals surface area contributed by atoms with Crippen molar-refractivity contribution in [1.29, 1.82) is 0 Å². The SMILES string of the molecule is O=C(/C=C/c1ccc(O)c(Cl)c1)c1ccc(Br)cc1. The first-order valence-corrected chi connectivity index (χ1v) is 6.70. The van der Waals surface area contributed by atoms with Gasteiger partial charge in [0.1, 0.15) is 5.75 Å². The number of hydrogen-bond donors (Lipinski definition) is 1. The molecule has 2 aromatic carbocycles. The van der Waals surface area contributed by atoms with Crippen LogP contribution in [0.3, 0.4) is 0 Å². The van der Waals surface area contributed by atoms with Crippen molar-refractivity contribution in [3.05, 3.63) is 69.2 Å². The Morgan fingerprint density at radius 3 is 2.47 bits per heavy atom. The summed E-state index contributed by atoms with van der Waals surface area (Å²) in [5.74, 6) is -0.0604. The highest BCUT2D eigenvalue weighted by atomic mass is 79.9. The zero-order valence-electron chi connectivity index (χ0n) is 9.81. The van der Waals surface area contributed by atoms with Crippen LogP contribution in [0, 0.1) is 0 Å². The number of phenolic OH excluding ortho intramolecular Hbond substituents is 1. The standard InChI is InChI=1S/C15H10BrClO2/c16-12-5-3-11(4-6-12)14(18)7-1-10-2-8-15(19)13(17)9-10/h1-9,19H/b7-1+. The molecule has 0 unspecified atom stereocenters. The van der Waals surface area contributed by atoms with Gasteiger partial charge in [0.15, 0.2) is 5.78 Å². The van der Waals surface area contributed by atoms with Crippen LogP contribution in [-0.4, -0.2) is 10.9 Å². The lowest BCUT2D eigenvalue weighted by Gasteiger charge is -1.98. The minimum absolute atomic E-state index is 0.0260. The molecule has 0 bridgehead atoms. The van der Waals surface area contributed by atoms with Gasteiger partial charge >= 0.3 is 0 Å². The Labute approximate surface area is 124 Å². The molecule has 19 heavy (non-hydrogen) atoms. The molecule has 0 atom stereocenters. The lowest BCUT2D eigenvalue weighted by molar-refractivity contribution is 0.104. The molecule has 96 valence electrons. The summed E-state index contributed by atoms with van der Waals surface area (Å²) < 4.78 is 0.929. The van der Waals surface area contributed by atoms with Gasteiger partial charge in [0.05, 0.1) is 5.02 Å². The molecule has 1 N–H and O–H groups in total. The van der Waals surface area contributed by atoms with Gasteiger partial charge in [-0.25, -0.2) is 0 Å². The topological polar surface area (TPSA) is 37.3 Å². The molecule has 0 saturated heterocycles. The fourth-order valence-electron chi connectivity index (χ4n) is 1.51. The lowest BCUT2D eigenvalue weighted by atomic mass is 10.1. The van der Waals surface area contributed by atoms with Gasteiger partial charge in [-0.1, -0.05) is 39.7 Å². The molecule has 0 heterocycles. The summed E-state index contributed by atoms with van der Waals surface area (Å²) in [6.45, 7) is 0. The number of phenols is 1. The number of carbonyl (C=O) groups is 1. The number of ketones is 1. The maximum atomic E-state index is 11.9. The summed E-state index contributed by atoms with van der Waals surface area (Å²) in [5, 5.41) is 9.56. The first kappa shape index (κ1) is 13.8. The number of aromatic hydroxyl groups is 1. The average molecular weight is 338 g/mol. The Morgan fingerprint density at radius 1 is 1.16 bits per heavy atom. The van der Waals surface area contributed by atoms with Crippen LogP contribution in [0.25, 0.3) is 6.08 Å². The van der Waals surface area contributed by atoms with E-state index in [9.17, 15) is 9.90 Å². The van der Waals surface area contributed by atoms with Crippen LogP contribution < -0.4 is 0 Å². The molecule has 0 aliphatic rings. The lowest BCUT2D eigenvalue weighted by Crippen LogP contribution is -1.93. The summed E-state index contributed by atoms with van der Waals surface area (Å²) in [6.07, 6.45) is 3.14. The highest BCUT2D eigenvalue weighted by molar-refractivity contribution is 9.10. The second kappa shape index (κ2) is 6.04. The number of benzene rings is 2.